The van der Waals surface area contributed by atoms with Gasteiger partial charge < -0.3 is 10.6 Å². The Bertz CT molecular complexity index is 699. The number of nitrogens with zero attached hydrogens (tertiary/aromatic N) is 2. The quantitative estimate of drug-likeness (QED) is 0.471. The molecule has 0 aliphatic carbocycles. The van der Waals surface area contributed by atoms with Gasteiger partial charge in [-0.25, -0.2) is 18.1 Å². The van der Waals surface area contributed by atoms with Crippen molar-refractivity contribution in [2.45, 2.75) is 32.0 Å². The van der Waals surface area contributed by atoms with Crippen molar-refractivity contribution in [3.63, 3.8) is 0 Å². The fraction of sp³-hybridized carbons (Fsp3) is 0.692. The van der Waals surface area contributed by atoms with Gasteiger partial charge in [-0.2, -0.15) is 13.2 Å². The van der Waals surface area contributed by atoms with Gasteiger partial charge in [0.1, 0.15) is 0 Å². The minimum Gasteiger partial charge on any atom is -0.356 e. The van der Waals surface area contributed by atoms with E-state index in [4.69, 9.17) is 0 Å². The third kappa shape index (κ3) is 8.50. The van der Waals surface area contributed by atoms with Crippen LogP contribution in [0.4, 0.5) is 13.2 Å². The van der Waals surface area contributed by atoms with Crippen molar-refractivity contribution in [2.24, 2.45) is 4.99 Å². The van der Waals surface area contributed by atoms with Crippen molar-refractivity contribution >= 4 is 27.3 Å². The van der Waals surface area contributed by atoms with Gasteiger partial charge in [0.15, 0.2) is 11.7 Å². The van der Waals surface area contributed by atoms with Crippen LogP contribution in [0.1, 0.15) is 24.5 Å². The van der Waals surface area contributed by atoms with Crippen LogP contribution in [0, 0.1) is 0 Å². The third-order valence-corrected chi connectivity index (χ3v) is 4.69. The van der Waals surface area contributed by atoms with Gasteiger partial charge in [-0.1, -0.05) is 0 Å². The first-order chi connectivity index (χ1) is 11.3. The maximum Gasteiger partial charge on any atom is 0.434 e. The summed E-state index contributed by atoms with van der Waals surface area (Å²) < 4.78 is 62.5. The van der Waals surface area contributed by atoms with E-state index in [9.17, 15) is 21.6 Å². The molecule has 3 N–H and O–H groups in total. The van der Waals surface area contributed by atoms with E-state index in [0.29, 0.717) is 23.9 Å². The molecule has 0 fully saturated rings. The Balaban J connectivity index is 2.46. The molecule has 0 unspecified atom stereocenters. The fourth-order valence-corrected chi connectivity index (χ4v) is 3.79. The normalized spacial score (nSPS) is 13.8. The lowest BCUT2D eigenvalue weighted by atomic mass is 10.1. The second-order valence-electron chi connectivity index (χ2n) is 5.98. The predicted octanol–water partition coefficient (Wildman–Crippen LogP) is 1.20. The van der Waals surface area contributed by atoms with E-state index in [1.807, 2.05) is 0 Å². The van der Waals surface area contributed by atoms with Crippen molar-refractivity contribution in [3.8, 4) is 0 Å². The van der Waals surface area contributed by atoms with Crippen LogP contribution in [0.25, 0.3) is 0 Å². The Hall–Kier alpha value is -1.40. The lowest BCUT2D eigenvalue weighted by Gasteiger charge is -2.26. The number of guanidine groups is 1. The molecule has 0 radical (unpaired) electrons. The molecule has 0 aliphatic rings. The second-order valence-corrected chi connectivity index (χ2v) is 8.68. The summed E-state index contributed by atoms with van der Waals surface area (Å²) in [6.07, 6.45) is -3.05. The standard InChI is InChI=1S/C13H22F3N5O2S2/c1-12(2,21-25(4,22)23)8-19-11(17-3)18-6-5-10-20-9(7-24-10)13(14,15)16/h7,21H,5-6,8H2,1-4H3,(H2,17,18,19). The molecule has 0 bridgehead atoms. The monoisotopic (exact) mass is 401 g/mol. The zero-order valence-electron chi connectivity index (χ0n) is 14.4. The van der Waals surface area contributed by atoms with Crippen molar-refractivity contribution in [2.75, 3.05) is 26.4 Å². The zero-order valence-corrected chi connectivity index (χ0v) is 16.0. The van der Waals surface area contributed by atoms with Crippen LogP contribution >= 0.6 is 11.3 Å². The molecule has 25 heavy (non-hydrogen) atoms. The Morgan fingerprint density at radius 3 is 2.44 bits per heavy atom. The second kappa shape index (κ2) is 8.32. The highest BCUT2D eigenvalue weighted by Gasteiger charge is 2.33. The number of hydrogen-bond donors (Lipinski definition) is 3. The molecule has 12 heteroatoms. The van der Waals surface area contributed by atoms with Gasteiger partial charge >= 0.3 is 6.18 Å². The largest absolute Gasteiger partial charge is 0.434 e. The van der Waals surface area contributed by atoms with Crippen LogP contribution in [0.5, 0.6) is 0 Å². The summed E-state index contributed by atoms with van der Waals surface area (Å²) in [4.78, 5) is 7.53. The van der Waals surface area contributed by atoms with Gasteiger partial charge in [0.25, 0.3) is 0 Å². The van der Waals surface area contributed by atoms with Gasteiger partial charge in [0.05, 0.1) is 11.3 Å². The summed E-state index contributed by atoms with van der Waals surface area (Å²) in [7, 11) is -1.81. The van der Waals surface area contributed by atoms with Crippen molar-refractivity contribution in [3.05, 3.63) is 16.1 Å². The lowest BCUT2D eigenvalue weighted by molar-refractivity contribution is -0.140. The lowest BCUT2D eigenvalue weighted by Crippen LogP contribution is -2.53. The summed E-state index contributed by atoms with van der Waals surface area (Å²) in [5, 5.41) is 7.27. The highest BCUT2D eigenvalue weighted by molar-refractivity contribution is 7.88. The average Bonchev–Trinajstić information content (AvgIpc) is 2.88. The fourth-order valence-electron chi connectivity index (χ4n) is 1.91. The molecule has 0 atom stereocenters. The summed E-state index contributed by atoms with van der Waals surface area (Å²) in [5.41, 5.74) is -1.62. The number of aromatic nitrogens is 1. The molecule has 0 spiro atoms. The smallest absolute Gasteiger partial charge is 0.356 e. The maximum absolute atomic E-state index is 12.5. The molecular formula is C13H22F3N5O2S2. The molecule has 0 aliphatic heterocycles. The van der Waals surface area contributed by atoms with Crippen LogP contribution in [0.3, 0.4) is 0 Å². The number of hydrogen-bond acceptors (Lipinski definition) is 5. The van der Waals surface area contributed by atoms with E-state index in [-0.39, 0.29) is 6.54 Å². The minimum absolute atomic E-state index is 0.273. The molecule has 7 nitrogen and oxygen atoms in total. The van der Waals surface area contributed by atoms with E-state index in [2.05, 4.69) is 25.3 Å². The number of nitrogens with one attached hydrogen (secondary N) is 3. The van der Waals surface area contributed by atoms with E-state index in [1.54, 1.807) is 13.8 Å². The summed E-state index contributed by atoms with van der Waals surface area (Å²) >= 11 is 0.952. The average molecular weight is 401 g/mol. The third-order valence-electron chi connectivity index (χ3n) is 2.86. The molecule has 0 saturated carbocycles. The first-order valence-corrected chi connectivity index (χ1v) is 10.0. The summed E-state index contributed by atoms with van der Waals surface area (Å²) in [6, 6.07) is 0. The van der Waals surface area contributed by atoms with Gasteiger partial charge in [0.2, 0.25) is 10.0 Å². The predicted molar refractivity (Wildman–Crippen MR) is 92.2 cm³/mol. The molecule has 1 aromatic heterocycles. The van der Waals surface area contributed by atoms with Crippen LogP contribution < -0.4 is 15.4 Å². The summed E-state index contributed by atoms with van der Waals surface area (Å²) in [5.74, 6) is 0.413. The number of sulfonamides is 1. The molecular weight excluding hydrogens is 379 g/mol. The van der Waals surface area contributed by atoms with Crippen LogP contribution in [0.2, 0.25) is 0 Å². The maximum atomic E-state index is 12.5. The topological polar surface area (TPSA) is 95.5 Å². The van der Waals surface area contributed by atoms with Crippen molar-refractivity contribution < 1.29 is 21.6 Å². The zero-order chi connectivity index (χ0) is 19.3. The highest BCUT2D eigenvalue weighted by Crippen LogP contribution is 2.29. The van der Waals surface area contributed by atoms with Crippen molar-refractivity contribution in [1.82, 2.24) is 20.3 Å². The van der Waals surface area contributed by atoms with E-state index >= 15 is 0 Å². The number of alkyl halides is 3. The van der Waals surface area contributed by atoms with Gasteiger partial charge in [-0.15, -0.1) is 11.3 Å². The first-order valence-electron chi connectivity index (χ1n) is 7.27. The van der Waals surface area contributed by atoms with E-state index in [0.717, 1.165) is 23.0 Å². The van der Waals surface area contributed by atoms with Crippen LogP contribution in [-0.4, -0.2) is 51.3 Å². The first kappa shape index (κ1) is 21.6. The summed E-state index contributed by atoms with van der Waals surface area (Å²) in [6.45, 7) is 4.03. The Morgan fingerprint density at radius 2 is 1.96 bits per heavy atom. The van der Waals surface area contributed by atoms with Gasteiger partial charge in [-0.3, -0.25) is 4.99 Å². The van der Waals surface area contributed by atoms with Gasteiger partial charge in [-0.05, 0) is 13.8 Å². The Morgan fingerprint density at radius 1 is 1.32 bits per heavy atom. The van der Waals surface area contributed by atoms with Crippen LogP contribution in [-0.2, 0) is 22.6 Å². The minimum atomic E-state index is -4.43. The molecule has 0 aromatic carbocycles. The Kier molecular flexibility index (Phi) is 7.20. The molecule has 1 rings (SSSR count). The SMILES string of the molecule is CN=C(NCCc1nc(C(F)(F)F)cs1)NCC(C)(C)NS(C)(=O)=O. The molecule has 144 valence electrons. The molecule has 0 amide bonds. The van der Waals surface area contributed by atoms with Gasteiger partial charge in [0, 0.05) is 37.5 Å². The molecule has 0 saturated heterocycles. The highest BCUT2D eigenvalue weighted by atomic mass is 32.2. The number of aliphatic imine (C=N–C) groups is 1. The number of thiazole rings is 1. The number of rotatable bonds is 7. The molecule has 1 aromatic rings. The van der Waals surface area contributed by atoms with E-state index in [1.165, 1.54) is 7.05 Å². The number of halogens is 3. The molecule has 1 heterocycles. The van der Waals surface area contributed by atoms with Crippen LogP contribution in [0.15, 0.2) is 10.4 Å². The van der Waals surface area contributed by atoms with E-state index < -0.39 is 27.4 Å². The van der Waals surface area contributed by atoms with Crippen molar-refractivity contribution in [1.29, 1.82) is 0 Å². The Labute approximate surface area is 149 Å².